The summed E-state index contributed by atoms with van der Waals surface area (Å²) in [5.74, 6) is 0. The van der Waals surface area contributed by atoms with Crippen molar-refractivity contribution in [1.29, 1.82) is 0 Å². The van der Waals surface area contributed by atoms with Crippen molar-refractivity contribution in [1.82, 2.24) is 0 Å². The summed E-state index contributed by atoms with van der Waals surface area (Å²) in [7, 11) is 0. The first kappa shape index (κ1) is 14.8. The second-order valence-electron chi connectivity index (χ2n) is 6.17. The Hall–Kier alpha value is -1.64. The minimum atomic E-state index is 0.0402. The van der Waals surface area contributed by atoms with E-state index in [1.54, 1.807) is 0 Å². The highest BCUT2D eigenvalue weighted by molar-refractivity contribution is 5.63. The van der Waals surface area contributed by atoms with Crippen LogP contribution in [0.1, 0.15) is 31.9 Å². The fourth-order valence-electron chi connectivity index (χ4n) is 2.35. The Morgan fingerprint density at radius 1 is 0.900 bits per heavy atom. The highest BCUT2D eigenvalue weighted by Gasteiger charge is 2.20. The summed E-state index contributed by atoms with van der Waals surface area (Å²) in [5, 5.41) is 0. The summed E-state index contributed by atoms with van der Waals surface area (Å²) in [6, 6.07) is 18.9. The van der Waals surface area contributed by atoms with Crippen LogP contribution in [0, 0.1) is 5.41 Å². The Morgan fingerprint density at radius 3 is 2.00 bits per heavy atom. The van der Waals surface area contributed by atoms with Gasteiger partial charge in [-0.1, -0.05) is 68.4 Å². The largest absolute Gasteiger partial charge is 0.330 e. The molecular formula is C18H24N2. The molecule has 2 nitrogen and oxygen atoms in total. The van der Waals surface area contributed by atoms with Gasteiger partial charge >= 0.3 is 0 Å². The molecule has 0 fully saturated rings. The number of nitrogens with two attached hydrogens (primary N) is 2. The van der Waals surface area contributed by atoms with Gasteiger partial charge in [-0.05, 0) is 35.1 Å². The third kappa shape index (κ3) is 3.69. The molecule has 0 saturated carbocycles. The molecule has 0 spiro atoms. The van der Waals surface area contributed by atoms with Gasteiger partial charge in [0.1, 0.15) is 0 Å². The lowest BCUT2D eigenvalue weighted by Gasteiger charge is -2.26. The molecule has 0 radical (unpaired) electrons. The van der Waals surface area contributed by atoms with Gasteiger partial charge in [0.25, 0.3) is 0 Å². The highest BCUT2D eigenvalue weighted by Crippen LogP contribution is 2.28. The Labute approximate surface area is 121 Å². The zero-order chi connectivity index (χ0) is 14.6. The summed E-state index contributed by atoms with van der Waals surface area (Å²) in [5.41, 5.74) is 15.8. The van der Waals surface area contributed by atoms with Crippen molar-refractivity contribution in [3.05, 3.63) is 60.2 Å². The van der Waals surface area contributed by atoms with Gasteiger partial charge in [0.05, 0.1) is 0 Å². The van der Waals surface area contributed by atoms with Gasteiger partial charge in [0.15, 0.2) is 0 Å². The predicted molar refractivity (Wildman–Crippen MR) is 86.3 cm³/mol. The van der Waals surface area contributed by atoms with E-state index in [4.69, 9.17) is 11.5 Å². The van der Waals surface area contributed by atoms with Crippen LogP contribution < -0.4 is 11.5 Å². The Bertz CT molecular complexity index is 529. The standard InChI is InChI=1S/C18H24N2/c1-18(2,13-19)12-17(20)16-10-8-15(9-11-16)14-6-4-3-5-7-14/h3-11,17H,12-13,19-20H2,1-2H3. The predicted octanol–water partition coefficient (Wildman–Crippen LogP) is 3.73. The zero-order valence-corrected chi connectivity index (χ0v) is 12.3. The molecule has 2 rings (SSSR count). The molecule has 1 atom stereocenters. The maximum Gasteiger partial charge on any atom is 0.0300 e. The lowest BCUT2D eigenvalue weighted by molar-refractivity contribution is 0.317. The van der Waals surface area contributed by atoms with E-state index in [1.165, 1.54) is 16.7 Å². The Balaban J connectivity index is 2.12. The van der Waals surface area contributed by atoms with Crippen molar-refractivity contribution in [3.63, 3.8) is 0 Å². The van der Waals surface area contributed by atoms with Crippen LogP contribution in [0.2, 0.25) is 0 Å². The average Bonchev–Trinajstić information content (AvgIpc) is 2.48. The molecule has 0 aliphatic carbocycles. The van der Waals surface area contributed by atoms with Gasteiger partial charge in [0, 0.05) is 6.04 Å². The van der Waals surface area contributed by atoms with E-state index in [1.807, 2.05) is 6.07 Å². The molecule has 106 valence electrons. The number of hydrogen-bond donors (Lipinski definition) is 2. The summed E-state index contributed by atoms with van der Waals surface area (Å²) in [4.78, 5) is 0. The van der Waals surface area contributed by atoms with Gasteiger partial charge in [-0.25, -0.2) is 0 Å². The minimum Gasteiger partial charge on any atom is -0.330 e. The van der Waals surface area contributed by atoms with Crippen molar-refractivity contribution in [3.8, 4) is 11.1 Å². The highest BCUT2D eigenvalue weighted by atomic mass is 14.7. The van der Waals surface area contributed by atoms with Crippen LogP contribution in [-0.4, -0.2) is 6.54 Å². The molecule has 4 N–H and O–H groups in total. The molecule has 0 bridgehead atoms. The summed E-state index contributed by atoms with van der Waals surface area (Å²) in [6.07, 6.45) is 0.897. The van der Waals surface area contributed by atoms with Gasteiger partial charge < -0.3 is 11.5 Å². The van der Waals surface area contributed by atoms with Gasteiger partial charge in [0.2, 0.25) is 0 Å². The first-order chi connectivity index (χ1) is 9.52. The molecule has 0 aromatic heterocycles. The summed E-state index contributed by atoms with van der Waals surface area (Å²) in [6.45, 7) is 4.97. The van der Waals surface area contributed by atoms with Crippen LogP contribution >= 0.6 is 0 Å². The first-order valence-corrected chi connectivity index (χ1v) is 7.13. The van der Waals surface area contributed by atoms with E-state index >= 15 is 0 Å². The van der Waals surface area contributed by atoms with E-state index in [-0.39, 0.29) is 11.5 Å². The monoisotopic (exact) mass is 268 g/mol. The Kier molecular flexibility index (Phi) is 4.58. The lowest BCUT2D eigenvalue weighted by atomic mass is 9.84. The van der Waals surface area contributed by atoms with E-state index in [2.05, 4.69) is 62.4 Å². The fourth-order valence-corrected chi connectivity index (χ4v) is 2.35. The summed E-state index contributed by atoms with van der Waals surface area (Å²) >= 11 is 0. The van der Waals surface area contributed by atoms with Crippen molar-refractivity contribution >= 4 is 0 Å². The number of hydrogen-bond acceptors (Lipinski definition) is 2. The number of benzene rings is 2. The molecule has 2 aromatic carbocycles. The molecule has 0 aliphatic rings. The van der Waals surface area contributed by atoms with Gasteiger partial charge in [-0.2, -0.15) is 0 Å². The summed E-state index contributed by atoms with van der Waals surface area (Å²) < 4.78 is 0. The third-order valence-corrected chi connectivity index (χ3v) is 3.77. The quantitative estimate of drug-likeness (QED) is 0.868. The first-order valence-electron chi connectivity index (χ1n) is 7.13. The SMILES string of the molecule is CC(C)(CN)CC(N)c1ccc(-c2ccccc2)cc1. The van der Waals surface area contributed by atoms with Crippen LogP contribution in [0.3, 0.4) is 0 Å². The van der Waals surface area contributed by atoms with Crippen molar-refractivity contribution in [2.24, 2.45) is 16.9 Å². The van der Waals surface area contributed by atoms with Crippen molar-refractivity contribution in [2.45, 2.75) is 26.3 Å². The molecule has 2 aromatic rings. The van der Waals surface area contributed by atoms with Gasteiger partial charge in [-0.15, -0.1) is 0 Å². The molecule has 0 saturated heterocycles. The van der Waals surface area contributed by atoms with Crippen molar-refractivity contribution in [2.75, 3.05) is 6.54 Å². The molecule has 1 unspecified atom stereocenters. The second kappa shape index (κ2) is 6.21. The number of rotatable bonds is 5. The zero-order valence-electron chi connectivity index (χ0n) is 12.3. The van der Waals surface area contributed by atoms with Gasteiger partial charge in [-0.3, -0.25) is 0 Å². The topological polar surface area (TPSA) is 52.0 Å². The van der Waals surface area contributed by atoms with Crippen LogP contribution in [0.5, 0.6) is 0 Å². The van der Waals surface area contributed by atoms with Crippen LogP contribution in [0.4, 0.5) is 0 Å². The molecule has 20 heavy (non-hydrogen) atoms. The molecule has 0 amide bonds. The molecular weight excluding hydrogens is 244 g/mol. The van der Waals surface area contributed by atoms with E-state index in [0.29, 0.717) is 6.54 Å². The molecule has 2 heteroatoms. The van der Waals surface area contributed by atoms with E-state index in [0.717, 1.165) is 6.42 Å². The smallest absolute Gasteiger partial charge is 0.0300 e. The van der Waals surface area contributed by atoms with Crippen LogP contribution in [-0.2, 0) is 0 Å². The lowest BCUT2D eigenvalue weighted by Crippen LogP contribution is -2.28. The third-order valence-electron chi connectivity index (χ3n) is 3.77. The maximum atomic E-state index is 6.29. The Morgan fingerprint density at radius 2 is 1.45 bits per heavy atom. The molecule has 0 aliphatic heterocycles. The minimum absolute atomic E-state index is 0.0402. The average molecular weight is 268 g/mol. The van der Waals surface area contributed by atoms with Crippen LogP contribution in [0.25, 0.3) is 11.1 Å². The van der Waals surface area contributed by atoms with E-state index < -0.39 is 0 Å². The maximum absolute atomic E-state index is 6.29. The van der Waals surface area contributed by atoms with E-state index in [9.17, 15) is 0 Å². The van der Waals surface area contributed by atoms with Crippen molar-refractivity contribution < 1.29 is 0 Å². The normalized spacial score (nSPS) is 13.2. The fraction of sp³-hybridized carbons (Fsp3) is 0.333. The second-order valence-corrected chi connectivity index (χ2v) is 6.17. The molecule has 0 heterocycles. The van der Waals surface area contributed by atoms with Crippen LogP contribution in [0.15, 0.2) is 54.6 Å².